The Morgan fingerprint density at radius 1 is 1.29 bits per heavy atom. The second-order valence-corrected chi connectivity index (χ2v) is 6.10. The van der Waals surface area contributed by atoms with E-state index in [0.717, 1.165) is 57.2 Å². The molecule has 1 aromatic carbocycles. The van der Waals surface area contributed by atoms with Gasteiger partial charge in [-0.2, -0.15) is 0 Å². The van der Waals surface area contributed by atoms with E-state index in [4.69, 9.17) is 22.1 Å². The van der Waals surface area contributed by atoms with Crippen molar-refractivity contribution in [3.8, 4) is 0 Å². The van der Waals surface area contributed by atoms with Crippen molar-refractivity contribution in [1.82, 2.24) is 4.90 Å². The van der Waals surface area contributed by atoms with Crippen LogP contribution >= 0.6 is 11.6 Å². The molecule has 1 fully saturated rings. The molecule has 5 heteroatoms. The van der Waals surface area contributed by atoms with Crippen molar-refractivity contribution in [2.75, 3.05) is 51.3 Å². The average molecular weight is 312 g/mol. The minimum Gasteiger partial charge on any atom is -0.385 e. The zero-order valence-electron chi connectivity index (χ0n) is 12.8. The fourth-order valence-corrected chi connectivity index (χ4v) is 2.96. The molecule has 0 aliphatic carbocycles. The van der Waals surface area contributed by atoms with Gasteiger partial charge in [-0.05, 0) is 31.0 Å². The van der Waals surface area contributed by atoms with Crippen LogP contribution in [0.2, 0.25) is 5.02 Å². The number of rotatable bonds is 7. The lowest BCUT2D eigenvalue weighted by atomic mass is 10.1. The summed E-state index contributed by atoms with van der Waals surface area (Å²) in [5, 5.41) is 0.801. The number of piperazine rings is 1. The smallest absolute Gasteiger partial charge is 0.0462 e. The van der Waals surface area contributed by atoms with Crippen molar-refractivity contribution < 1.29 is 4.74 Å². The van der Waals surface area contributed by atoms with Gasteiger partial charge in [-0.25, -0.2) is 0 Å². The van der Waals surface area contributed by atoms with E-state index in [1.165, 1.54) is 5.69 Å². The predicted octanol–water partition coefficient (Wildman–Crippen LogP) is 2.22. The Kier molecular flexibility index (Phi) is 6.77. The number of ether oxygens (including phenoxy) is 1. The topological polar surface area (TPSA) is 41.7 Å². The average Bonchev–Trinajstić information content (AvgIpc) is 2.48. The van der Waals surface area contributed by atoms with Crippen molar-refractivity contribution in [2.24, 2.45) is 5.73 Å². The summed E-state index contributed by atoms with van der Waals surface area (Å²) in [4.78, 5) is 4.84. The van der Waals surface area contributed by atoms with E-state index in [-0.39, 0.29) is 6.04 Å². The molecular formula is C16H26ClN3O. The Hall–Kier alpha value is -0.810. The van der Waals surface area contributed by atoms with Gasteiger partial charge in [0, 0.05) is 63.2 Å². The number of anilines is 1. The molecule has 21 heavy (non-hydrogen) atoms. The molecule has 4 nitrogen and oxygen atoms in total. The molecule has 2 rings (SSSR count). The molecule has 1 aliphatic rings. The molecule has 0 bridgehead atoms. The van der Waals surface area contributed by atoms with Gasteiger partial charge in [-0.1, -0.05) is 17.7 Å². The van der Waals surface area contributed by atoms with E-state index in [0.29, 0.717) is 0 Å². The summed E-state index contributed by atoms with van der Waals surface area (Å²) in [5.74, 6) is 0. The molecule has 0 spiro atoms. The van der Waals surface area contributed by atoms with Gasteiger partial charge in [0.1, 0.15) is 0 Å². The number of hydrogen-bond donors (Lipinski definition) is 1. The number of halogens is 1. The normalized spacial score (nSPS) is 18.0. The third-order valence-electron chi connectivity index (χ3n) is 3.96. The molecule has 0 amide bonds. The molecule has 1 unspecified atom stereocenters. The summed E-state index contributed by atoms with van der Waals surface area (Å²) in [6.45, 7) is 5.97. The van der Waals surface area contributed by atoms with Crippen molar-refractivity contribution in [1.29, 1.82) is 0 Å². The maximum Gasteiger partial charge on any atom is 0.0462 e. The van der Waals surface area contributed by atoms with E-state index in [1.807, 2.05) is 18.2 Å². The first-order valence-electron chi connectivity index (χ1n) is 7.66. The third-order valence-corrected chi connectivity index (χ3v) is 4.20. The Balaban J connectivity index is 1.73. The van der Waals surface area contributed by atoms with Gasteiger partial charge in [0.2, 0.25) is 0 Å². The summed E-state index contributed by atoms with van der Waals surface area (Å²) >= 11 is 6.06. The minimum absolute atomic E-state index is 0.248. The highest BCUT2D eigenvalue weighted by molar-refractivity contribution is 6.30. The SMILES string of the molecule is COCCCC(N)CN1CCN(c2cccc(Cl)c2)CC1. The summed E-state index contributed by atoms with van der Waals surface area (Å²) in [7, 11) is 1.74. The van der Waals surface area contributed by atoms with Crippen LogP contribution in [-0.4, -0.2) is 57.4 Å². The number of benzene rings is 1. The van der Waals surface area contributed by atoms with Crippen molar-refractivity contribution in [2.45, 2.75) is 18.9 Å². The highest BCUT2D eigenvalue weighted by Crippen LogP contribution is 2.20. The Morgan fingerprint density at radius 2 is 2.05 bits per heavy atom. The van der Waals surface area contributed by atoms with Gasteiger partial charge in [-0.3, -0.25) is 4.90 Å². The first kappa shape index (κ1) is 16.6. The van der Waals surface area contributed by atoms with Crippen molar-refractivity contribution in [3.63, 3.8) is 0 Å². The third kappa shape index (κ3) is 5.47. The molecule has 118 valence electrons. The van der Waals surface area contributed by atoms with Gasteiger partial charge in [0.05, 0.1) is 0 Å². The lowest BCUT2D eigenvalue weighted by molar-refractivity contribution is 0.183. The van der Waals surface area contributed by atoms with E-state index < -0.39 is 0 Å². The van der Waals surface area contributed by atoms with Gasteiger partial charge >= 0.3 is 0 Å². The standard InChI is InChI=1S/C16H26ClN3O/c1-21-11-3-5-15(18)13-19-7-9-20(10-8-19)16-6-2-4-14(17)12-16/h2,4,6,12,15H,3,5,7-11,13,18H2,1H3. The molecular weight excluding hydrogens is 286 g/mol. The second-order valence-electron chi connectivity index (χ2n) is 5.66. The van der Waals surface area contributed by atoms with E-state index >= 15 is 0 Å². The molecule has 2 N–H and O–H groups in total. The first-order chi connectivity index (χ1) is 10.2. The van der Waals surface area contributed by atoms with Crippen LogP contribution in [0, 0.1) is 0 Å². The molecule has 1 atom stereocenters. The predicted molar refractivity (Wildman–Crippen MR) is 89.2 cm³/mol. The number of nitrogens with two attached hydrogens (primary N) is 1. The van der Waals surface area contributed by atoms with Crippen LogP contribution in [0.5, 0.6) is 0 Å². The summed E-state index contributed by atoms with van der Waals surface area (Å²) in [5.41, 5.74) is 7.40. The molecule has 1 aromatic rings. The Bertz CT molecular complexity index is 422. The van der Waals surface area contributed by atoms with Crippen LogP contribution in [0.15, 0.2) is 24.3 Å². The fourth-order valence-electron chi connectivity index (χ4n) is 2.77. The van der Waals surface area contributed by atoms with Crippen LogP contribution in [0.1, 0.15) is 12.8 Å². The minimum atomic E-state index is 0.248. The Labute approximate surface area is 132 Å². The Morgan fingerprint density at radius 3 is 2.71 bits per heavy atom. The van der Waals surface area contributed by atoms with Crippen LogP contribution in [0.25, 0.3) is 0 Å². The van der Waals surface area contributed by atoms with Crippen LogP contribution in [-0.2, 0) is 4.74 Å². The largest absolute Gasteiger partial charge is 0.385 e. The zero-order chi connectivity index (χ0) is 15.1. The lowest BCUT2D eigenvalue weighted by Crippen LogP contribution is -2.50. The molecule has 0 aromatic heterocycles. The highest BCUT2D eigenvalue weighted by Gasteiger charge is 2.18. The monoisotopic (exact) mass is 311 g/mol. The summed E-state index contributed by atoms with van der Waals surface area (Å²) in [6, 6.07) is 8.33. The van der Waals surface area contributed by atoms with E-state index in [9.17, 15) is 0 Å². The molecule has 1 heterocycles. The number of nitrogens with zero attached hydrogens (tertiary/aromatic N) is 2. The quantitative estimate of drug-likeness (QED) is 0.784. The van der Waals surface area contributed by atoms with Crippen LogP contribution < -0.4 is 10.6 Å². The maximum absolute atomic E-state index is 6.18. The van der Waals surface area contributed by atoms with Gasteiger partial charge in [-0.15, -0.1) is 0 Å². The van der Waals surface area contributed by atoms with Gasteiger partial charge in [0.15, 0.2) is 0 Å². The van der Waals surface area contributed by atoms with Crippen molar-refractivity contribution >= 4 is 17.3 Å². The molecule has 1 aliphatic heterocycles. The van der Waals surface area contributed by atoms with Crippen LogP contribution in [0.4, 0.5) is 5.69 Å². The summed E-state index contributed by atoms with van der Waals surface area (Å²) < 4.78 is 5.07. The second kappa shape index (κ2) is 8.59. The van der Waals surface area contributed by atoms with Gasteiger partial charge in [0.25, 0.3) is 0 Å². The fraction of sp³-hybridized carbons (Fsp3) is 0.625. The maximum atomic E-state index is 6.18. The lowest BCUT2D eigenvalue weighted by Gasteiger charge is -2.37. The number of hydrogen-bond acceptors (Lipinski definition) is 4. The van der Waals surface area contributed by atoms with Gasteiger partial charge < -0.3 is 15.4 Å². The molecule has 1 saturated heterocycles. The number of methoxy groups -OCH3 is 1. The van der Waals surface area contributed by atoms with E-state index in [2.05, 4.69) is 15.9 Å². The molecule has 0 radical (unpaired) electrons. The molecule has 0 saturated carbocycles. The van der Waals surface area contributed by atoms with Crippen molar-refractivity contribution in [3.05, 3.63) is 29.3 Å². The first-order valence-corrected chi connectivity index (χ1v) is 8.04. The highest BCUT2D eigenvalue weighted by atomic mass is 35.5. The zero-order valence-corrected chi connectivity index (χ0v) is 13.6. The van der Waals surface area contributed by atoms with Crippen LogP contribution in [0.3, 0.4) is 0 Å². The van der Waals surface area contributed by atoms with E-state index in [1.54, 1.807) is 7.11 Å². The summed E-state index contributed by atoms with van der Waals surface area (Å²) in [6.07, 6.45) is 2.07.